The van der Waals surface area contributed by atoms with E-state index in [1.54, 1.807) is 0 Å². The third kappa shape index (κ3) is 2.28. The maximum absolute atomic E-state index is 13.0. The lowest BCUT2D eigenvalue weighted by atomic mass is 9.69. The topological polar surface area (TPSA) is 55.1 Å². The summed E-state index contributed by atoms with van der Waals surface area (Å²) in [7, 11) is 0. The molecule has 2 heterocycles. The Bertz CT molecular complexity index is 879. The molecule has 1 atom stereocenters. The molecule has 1 N–H and O–H groups in total. The number of fused-ring (bicyclic) bond motifs is 1. The van der Waals surface area contributed by atoms with E-state index >= 15 is 0 Å². The van der Waals surface area contributed by atoms with Crippen molar-refractivity contribution in [2.45, 2.75) is 39.5 Å². The molecule has 124 valence electrons. The van der Waals surface area contributed by atoms with E-state index in [-0.39, 0.29) is 17.1 Å². The van der Waals surface area contributed by atoms with Crippen molar-refractivity contribution in [1.29, 1.82) is 0 Å². The number of ketones is 1. The van der Waals surface area contributed by atoms with Crippen LogP contribution in [0.25, 0.3) is 0 Å². The van der Waals surface area contributed by atoms with Crippen LogP contribution in [0.5, 0.6) is 0 Å². The second-order valence-electron chi connectivity index (χ2n) is 7.42. The van der Waals surface area contributed by atoms with Crippen LogP contribution >= 0.6 is 11.6 Å². The number of nitrogens with zero attached hydrogens (tertiary/aromatic N) is 1. The minimum atomic E-state index is -0.222. The van der Waals surface area contributed by atoms with Gasteiger partial charge in [-0.25, -0.2) is 0 Å². The third-order valence-electron chi connectivity index (χ3n) is 4.89. The molecule has 0 unspecified atom stereocenters. The van der Waals surface area contributed by atoms with Crippen molar-refractivity contribution >= 4 is 23.3 Å². The number of carbonyl (C=O) groups is 1. The smallest absolute Gasteiger partial charge is 0.233 e. The summed E-state index contributed by atoms with van der Waals surface area (Å²) in [6, 6.07) is 7.68. The predicted octanol–water partition coefficient (Wildman–Crippen LogP) is 4.84. The Morgan fingerprint density at radius 2 is 2.04 bits per heavy atom. The Kier molecular flexibility index (Phi) is 3.36. The van der Waals surface area contributed by atoms with Gasteiger partial charge in [-0.1, -0.05) is 48.8 Å². The SMILES string of the molecule is Cc1noc2c1[C@H](c1ccccc1Cl)C1=C(CC(C)(C)CC1=O)N2. The average Bonchev–Trinajstić information content (AvgIpc) is 2.86. The maximum atomic E-state index is 13.0. The van der Waals surface area contributed by atoms with Crippen LogP contribution in [0.4, 0.5) is 5.88 Å². The summed E-state index contributed by atoms with van der Waals surface area (Å²) >= 11 is 6.47. The van der Waals surface area contributed by atoms with E-state index < -0.39 is 0 Å². The van der Waals surface area contributed by atoms with Gasteiger partial charge in [0.05, 0.1) is 11.3 Å². The Morgan fingerprint density at radius 1 is 1.29 bits per heavy atom. The highest BCUT2D eigenvalue weighted by Gasteiger charge is 2.43. The van der Waals surface area contributed by atoms with Gasteiger partial charge >= 0.3 is 0 Å². The average molecular weight is 343 g/mol. The number of rotatable bonds is 1. The molecule has 4 nitrogen and oxygen atoms in total. The van der Waals surface area contributed by atoms with Crippen LogP contribution in [0.15, 0.2) is 40.1 Å². The van der Waals surface area contributed by atoms with E-state index in [0.29, 0.717) is 17.3 Å². The number of anilines is 1. The predicted molar refractivity (Wildman–Crippen MR) is 93.2 cm³/mol. The first kappa shape index (κ1) is 15.5. The largest absolute Gasteiger partial charge is 0.338 e. The number of aromatic nitrogens is 1. The van der Waals surface area contributed by atoms with Gasteiger partial charge in [0, 0.05) is 28.6 Å². The Morgan fingerprint density at radius 3 is 2.79 bits per heavy atom. The second kappa shape index (κ2) is 5.21. The molecule has 1 aliphatic heterocycles. The van der Waals surface area contributed by atoms with Crippen LogP contribution in [0.1, 0.15) is 49.4 Å². The molecule has 1 aromatic heterocycles. The number of allylic oxidation sites excluding steroid dienone is 2. The van der Waals surface area contributed by atoms with Gasteiger partial charge in [0.15, 0.2) is 5.78 Å². The van der Waals surface area contributed by atoms with Gasteiger partial charge < -0.3 is 9.84 Å². The number of hydrogen-bond acceptors (Lipinski definition) is 4. The molecule has 1 aliphatic carbocycles. The molecule has 2 aromatic rings. The second-order valence-corrected chi connectivity index (χ2v) is 7.83. The summed E-state index contributed by atoms with van der Waals surface area (Å²) in [5.41, 5.74) is 4.29. The van der Waals surface area contributed by atoms with Crippen LogP contribution < -0.4 is 5.32 Å². The Labute approximate surface area is 145 Å². The summed E-state index contributed by atoms with van der Waals surface area (Å²) in [5, 5.41) is 8.07. The molecule has 0 amide bonds. The number of hydrogen-bond donors (Lipinski definition) is 1. The fourth-order valence-corrected chi connectivity index (χ4v) is 4.13. The number of nitrogens with one attached hydrogen (secondary N) is 1. The maximum Gasteiger partial charge on any atom is 0.233 e. The van der Waals surface area contributed by atoms with Crippen molar-refractivity contribution in [3.05, 3.63) is 57.4 Å². The normalized spacial score (nSPS) is 22.0. The zero-order valence-electron chi connectivity index (χ0n) is 13.9. The summed E-state index contributed by atoms with van der Waals surface area (Å²) in [5.74, 6) is 0.575. The van der Waals surface area contributed by atoms with Crippen LogP contribution in [0.2, 0.25) is 5.02 Å². The van der Waals surface area contributed by atoms with Crippen molar-refractivity contribution in [3.63, 3.8) is 0 Å². The first-order valence-electron chi connectivity index (χ1n) is 8.11. The molecule has 4 rings (SSSR count). The highest BCUT2D eigenvalue weighted by atomic mass is 35.5. The van der Waals surface area contributed by atoms with Crippen molar-refractivity contribution in [3.8, 4) is 0 Å². The first-order chi connectivity index (χ1) is 11.4. The minimum absolute atomic E-state index is 0.0689. The van der Waals surface area contributed by atoms with Crippen molar-refractivity contribution < 1.29 is 9.32 Å². The van der Waals surface area contributed by atoms with Gasteiger partial charge in [-0.2, -0.15) is 0 Å². The zero-order chi connectivity index (χ0) is 17.1. The molecule has 5 heteroatoms. The lowest BCUT2D eigenvalue weighted by molar-refractivity contribution is -0.118. The van der Waals surface area contributed by atoms with Crippen molar-refractivity contribution in [2.24, 2.45) is 5.41 Å². The molecule has 1 aromatic carbocycles. The van der Waals surface area contributed by atoms with E-state index in [4.69, 9.17) is 16.1 Å². The molecule has 0 saturated heterocycles. The molecule has 2 aliphatic rings. The number of benzene rings is 1. The third-order valence-corrected chi connectivity index (χ3v) is 5.23. The van der Waals surface area contributed by atoms with Gasteiger partial charge in [0.25, 0.3) is 0 Å². The molecular formula is C19H19ClN2O2. The number of carbonyl (C=O) groups excluding carboxylic acids is 1. The number of aryl methyl sites for hydroxylation is 1. The fraction of sp³-hybridized carbons (Fsp3) is 0.368. The first-order valence-corrected chi connectivity index (χ1v) is 8.49. The fourth-order valence-electron chi connectivity index (χ4n) is 3.89. The van der Waals surface area contributed by atoms with E-state index in [1.165, 1.54) is 0 Å². The lowest BCUT2D eigenvalue weighted by Gasteiger charge is -2.37. The van der Waals surface area contributed by atoms with Gasteiger partial charge in [-0.05, 0) is 30.4 Å². The Hall–Kier alpha value is -2.07. The molecule has 24 heavy (non-hydrogen) atoms. The van der Waals surface area contributed by atoms with Gasteiger partial charge in [0.1, 0.15) is 0 Å². The highest BCUT2D eigenvalue weighted by Crippen LogP contribution is 2.50. The molecule has 0 saturated carbocycles. The van der Waals surface area contributed by atoms with Crippen LogP contribution in [0, 0.1) is 12.3 Å². The van der Waals surface area contributed by atoms with Gasteiger partial charge in [-0.15, -0.1) is 0 Å². The van der Waals surface area contributed by atoms with Gasteiger partial charge in [-0.3, -0.25) is 4.79 Å². The Balaban J connectivity index is 1.97. The lowest BCUT2D eigenvalue weighted by Crippen LogP contribution is -2.33. The van der Waals surface area contributed by atoms with E-state index in [1.807, 2.05) is 31.2 Å². The summed E-state index contributed by atoms with van der Waals surface area (Å²) in [6.07, 6.45) is 1.34. The minimum Gasteiger partial charge on any atom is -0.338 e. The molecule has 0 radical (unpaired) electrons. The summed E-state index contributed by atoms with van der Waals surface area (Å²) in [4.78, 5) is 13.0. The van der Waals surface area contributed by atoms with Crippen molar-refractivity contribution in [2.75, 3.05) is 5.32 Å². The summed E-state index contributed by atoms with van der Waals surface area (Å²) < 4.78 is 5.48. The summed E-state index contributed by atoms with van der Waals surface area (Å²) in [6.45, 7) is 6.13. The zero-order valence-corrected chi connectivity index (χ0v) is 14.7. The van der Waals surface area contributed by atoms with Gasteiger partial charge in [0.2, 0.25) is 5.88 Å². The quantitative estimate of drug-likeness (QED) is 0.805. The number of halogens is 1. The standard InChI is InChI=1S/C19H19ClN2O2/c1-10-15-16(11-6-4-5-7-12(11)20)17-13(21-18(15)24-22-10)8-19(2,3)9-14(17)23/h4-7,16,21H,8-9H2,1-3H3/t16-/m0/s1. The monoisotopic (exact) mass is 342 g/mol. The number of Topliss-reactive ketones (excluding diaryl/α,β-unsaturated/α-hetero) is 1. The van der Waals surface area contributed by atoms with Crippen LogP contribution in [0.3, 0.4) is 0 Å². The van der Waals surface area contributed by atoms with Crippen molar-refractivity contribution in [1.82, 2.24) is 5.16 Å². The van der Waals surface area contributed by atoms with E-state index in [9.17, 15) is 4.79 Å². The highest BCUT2D eigenvalue weighted by molar-refractivity contribution is 6.31. The molecule has 0 bridgehead atoms. The molecule has 0 spiro atoms. The molecular weight excluding hydrogens is 324 g/mol. The van der Waals surface area contributed by atoms with Crippen LogP contribution in [-0.4, -0.2) is 10.9 Å². The van der Waals surface area contributed by atoms with E-state index in [2.05, 4.69) is 24.3 Å². The van der Waals surface area contributed by atoms with Crippen LogP contribution in [-0.2, 0) is 4.79 Å². The molecule has 0 fully saturated rings. The van der Waals surface area contributed by atoms with E-state index in [0.717, 1.165) is 34.5 Å².